The van der Waals surface area contributed by atoms with Crippen LogP contribution in [0.5, 0.6) is 0 Å². The molecule has 1 fully saturated rings. The van der Waals surface area contributed by atoms with E-state index in [1.165, 1.54) is 0 Å². The van der Waals surface area contributed by atoms with E-state index in [4.69, 9.17) is 15.9 Å². The van der Waals surface area contributed by atoms with Gasteiger partial charge >= 0.3 is 5.97 Å². The van der Waals surface area contributed by atoms with Crippen LogP contribution in [0.2, 0.25) is 0 Å². The molecule has 4 nitrogen and oxygen atoms in total. The first kappa shape index (κ1) is 8.49. The Morgan fingerprint density at radius 2 is 2.09 bits per heavy atom. The zero-order valence-electron chi connectivity index (χ0n) is 6.23. The normalized spacial score (nSPS) is 38.5. The van der Waals surface area contributed by atoms with E-state index in [1.54, 1.807) is 0 Å². The molecule has 1 rings (SSSR count). The summed E-state index contributed by atoms with van der Waals surface area (Å²) >= 11 is 0. The third-order valence-corrected chi connectivity index (χ3v) is 2.19. The lowest BCUT2D eigenvalue weighted by atomic mass is 9.83. The molecule has 0 aliphatic heterocycles. The number of aliphatic hydroxyl groups is 1. The number of carboxylic acids is 1. The van der Waals surface area contributed by atoms with Crippen LogP contribution in [0.3, 0.4) is 0 Å². The Bertz CT molecular complexity index is 160. The lowest BCUT2D eigenvalue weighted by Gasteiger charge is -2.28. The van der Waals surface area contributed by atoms with Crippen LogP contribution in [0.25, 0.3) is 0 Å². The van der Waals surface area contributed by atoms with Crippen LogP contribution in [-0.4, -0.2) is 28.3 Å². The molecule has 0 unspecified atom stereocenters. The van der Waals surface area contributed by atoms with Crippen molar-refractivity contribution in [3.63, 3.8) is 0 Å². The van der Waals surface area contributed by atoms with Crippen molar-refractivity contribution in [1.82, 2.24) is 0 Å². The van der Waals surface area contributed by atoms with E-state index in [0.717, 1.165) is 0 Å². The van der Waals surface area contributed by atoms with Crippen molar-refractivity contribution in [3.8, 4) is 0 Å². The van der Waals surface area contributed by atoms with E-state index >= 15 is 0 Å². The second-order valence-electron chi connectivity index (χ2n) is 3.08. The molecule has 0 amide bonds. The molecule has 0 aromatic carbocycles. The van der Waals surface area contributed by atoms with Crippen LogP contribution < -0.4 is 5.73 Å². The molecule has 0 heterocycles. The van der Waals surface area contributed by atoms with Gasteiger partial charge in [-0.05, 0) is 19.3 Å². The Morgan fingerprint density at radius 3 is 2.55 bits per heavy atom. The number of rotatable bonds is 1. The van der Waals surface area contributed by atoms with E-state index in [-0.39, 0.29) is 6.04 Å². The number of hydrogen-bond acceptors (Lipinski definition) is 3. The van der Waals surface area contributed by atoms with E-state index in [1.807, 2.05) is 0 Å². The Hall–Kier alpha value is -0.610. The molecular formula is C7H13NO3. The molecule has 11 heavy (non-hydrogen) atoms. The number of aliphatic hydroxyl groups excluding tert-OH is 1. The first-order valence-corrected chi connectivity index (χ1v) is 3.77. The fraction of sp³-hybridized carbons (Fsp3) is 0.857. The number of nitrogens with two attached hydrogens (primary N) is 1. The molecule has 64 valence electrons. The van der Waals surface area contributed by atoms with E-state index in [2.05, 4.69) is 0 Å². The van der Waals surface area contributed by atoms with Gasteiger partial charge in [0.25, 0.3) is 0 Å². The SMILES string of the molecule is N[C@@H]1CC[C@@H](O)C[C@@H]1C(=O)O. The third kappa shape index (κ3) is 1.91. The summed E-state index contributed by atoms with van der Waals surface area (Å²) < 4.78 is 0. The zero-order chi connectivity index (χ0) is 8.43. The molecule has 0 bridgehead atoms. The summed E-state index contributed by atoms with van der Waals surface area (Å²) in [5.41, 5.74) is 5.55. The minimum atomic E-state index is -0.892. The van der Waals surface area contributed by atoms with Crippen LogP contribution >= 0.6 is 0 Å². The van der Waals surface area contributed by atoms with Crippen LogP contribution in [0, 0.1) is 5.92 Å². The molecule has 0 radical (unpaired) electrons. The Balaban J connectivity index is 2.54. The molecule has 1 saturated carbocycles. The highest BCUT2D eigenvalue weighted by atomic mass is 16.4. The molecule has 1 aliphatic rings. The van der Waals surface area contributed by atoms with Gasteiger partial charge in [0.1, 0.15) is 0 Å². The Labute approximate surface area is 65.0 Å². The molecule has 0 spiro atoms. The summed E-state index contributed by atoms with van der Waals surface area (Å²) in [6.07, 6.45) is 1.07. The standard InChI is InChI=1S/C7H13NO3/c8-6-2-1-4(9)3-5(6)7(10)11/h4-6,9H,1-3,8H2,(H,10,11)/t4-,5+,6-/m1/s1. The maximum absolute atomic E-state index is 10.5. The highest BCUT2D eigenvalue weighted by molar-refractivity contribution is 5.71. The average molecular weight is 159 g/mol. The molecule has 4 heteroatoms. The summed E-state index contributed by atoms with van der Waals surface area (Å²) in [7, 11) is 0. The third-order valence-electron chi connectivity index (χ3n) is 2.19. The van der Waals surface area contributed by atoms with E-state index in [0.29, 0.717) is 19.3 Å². The predicted molar refractivity (Wildman–Crippen MR) is 39.0 cm³/mol. The average Bonchev–Trinajstić information content (AvgIpc) is 1.94. The molecule has 1 aliphatic carbocycles. The zero-order valence-corrected chi connectivity index (χ0v) is 6.23. The Kier molecular flexibility index (Phi) is 2.46. The van der Waals surface area contributed by atoms with Gasteiger partial charge in [0.2, 0.25) is 0 Å². The van der Waals surface area contributed by atoms with Crippen molar-refractivity contribution in [2.75, 3.05) is 0 Å². The highest BCUT2D eigenvalue weighted by Gasteiger charge is 2.31. The van der Waals surface area contributed by atoms with Gasteiger partial charge < -0.3 is 15.9 Å². The smallest absolute Gasteiger partial charge is 0.308 e. The highest BCUT2D eigenvalue weighted by Crippen LogP contribution is 2.23. The lowest BCUT2D eigenvalue weighted by Crippen LogP contribution is -2.42. The van der Waals surface area contributed by atoms with Gasteiger partial charge in [-0.1, -0.05) is 0 Å². The Morgan fingerprint density at radius 1 is 1.45 bits per heavy atom. The topological polar surface area (TPSA) is 83.5 Å². The number of aliphatic carboxylic acids is 1. The van der Waals surface area contributed by atoms with Crippen molar-refractivity contribution >= 4 is 5.97 Å². The maximum Gasteiger partial charge on any atom is 0.308 e. The summed E-state index contributed by atoms with van der Waals surface area (Å²) in [6.45, 7) is 0. The lowest BCUT2D eigenvalue weighted by molar-refractivity contribution is -0.144. The molecular weight excluding hydrogens is 146 g/mol. The van der Waals surface area contributed by atoms with Gasteiger partial charge in [0.15, 0.2) is 0 Å². The molecule has 0 saturated heterocycles. The summed E-state index contributed by atoms with van der Waals surface area (Å²) in [5.74, 6) is -1.45. The van der Waals surface area contributed by atoms with Crippen molar-refractivity contribution in [1.29, 1.82) is 0 Å². The largest absolute Gasteiger partial charge is 0.481 e. The minimum Gasteiger partial charge on any atom is -0.481 e. The van der Waals surface area contributed by atoms with Gasteiger partial charge in [-0.15, -0.1) is 0 Å². The van der Waals surface area contributed by atoms with Crippen LogP contribution in [0.1, 0.15) is 19.3 Å². The van der Waals surface area contributed by atoms with Crippen LogP contribution in [-0.2, 0) is 4.79 Å². The fourth-order valence-electron chi connectivity index (χ4n) is 1.46. The van der Waals surface area contributed by atoms with Gasteiger partial charge in [0.05, 0.1) is 12.0 Å². The minimum absolute atomic E-state index is 0.282. The fourth-order valence-corrected chi connectivity index (χ4v) is 1.46. The molecule has 4 N–H and O–H groups in total. The first-order chi connectivity index (χ1) is 5.11. The monoisotopic (exact) mass is 159 g/mol. The second-order valence-corrected chi connectivity index (χ2v) is 3.08. The van der Waals surface area contributed by atoms with Crippen molar-refractivity contribution < 1.29 is 15.0 Å². The van der Waals surface area contributed by atoms with Gasteiger partial charge in [-0.25, -0.2) is 0 Å². The van der Waals surface area contributed by atoms with Gasteiger partial charge in [-0.3, -0.25) is 4.79 Å². The maximum atomic E-state index is 10.5. The quantitative estimate of drug-likeness (QED) is 0.484. The van der Waals surface area contributed by atoms with E-state index in [9.17, 15) is 4.79 Å². The van der Waals surface area contributed by atoms with Crippen molar-refractivity contribution in [3.05, 3.63) is 0 Å². The van der Waals surface area contributed by atoms with E-state index < -0.39 is 18.0 Å². The van der Waals surface area contributed by atoms with Crippen LogP contribution in [0.15, 0.2) is 0 Å². The predicted octanol–water partition coefficient (Wildman–Crippen LogP) is -0.441. The number of hydrogen-bond donors (Lipinski definition) is 3. The van der Waals surface area contributed by atoms with Crippen molar-refractivity contribution in [2.45, 2.75) is 31.4 Å². The molecule has 3 atom stereocenters. The number of carboxylic acid groups (broad SMARTS) is 1. The second kappa shape index (κ2) is 3.19. The first-order valence-electron chi connectivity index (χ1n) is 3.77. The summed E-state index contributed by atoms with van der Waals surface area (Å²) in [4.78, 5) is 10.5. The van der Waals surface area contributed by atoms with Gasteiger partial charge in [-0.2, -0.15) is 0 Å². The molecule has 0 aromatic rings. The van der Waals surface area contributed by atoms with Gasteiger partial charge in [0, 0.05) is 6.04 Å². The number of carbonyl (C=O) groups is 1. The summed E-state index contributed by atoms with van der Waals surface area (Å²) in [6, 6.07) is -0.282. The van der Waals surface area contributed by atoms with Crippen molar-refractivity contribution in [2.24, 2.45) is 11.7 Å². The molecule has 0 aromatic heterocycles. The van der Waals surface area contributed by atoms with Crippen LogP contribution in [0.4, 0.5) is 0 Å². The summed E-state index contributed by atoms with van der Waals surface area (Å²) in [5, 5.41) is 17.8.